The molecule has 2 rings (SSSR count). The van der Waals surface area contributed by atoms with Gasteiger partial charge >= 0.3 is 0 Å². The van der Waals surface area contributed by atoms with Crippen molar-refractivity contribution < 1.29 is 0 Å². The molecule has 0 aliphatic carbocycles. The summed E-state index contributed by atoms with van der Waals surface area (Å²) in [4.78, 5) is 4.58. The van der Waals surface area contributed by atoms with Gasteiger partial charge in [0.25, 0.3) is 0 Å². The van der Waals surface area contributed by atoms with Crippen molar-refractivity contribution in [1.29, 1.82) is 0 Å². The van der Waals surface area contributed by atoms with Gasteiger partial charge in [-0.15, -0.1) is 11.3 Å². The van der Waals surface area contributed by atoms with E-state index in [4.69, 9.17) is 11.6 Å². The van der Waals surface area contributed by atoms with Gasteiger partial charge < -0.3 is 5.32 Å². The lowest BCUT2D eigenvalue weighted by atomic mass is 9.99. The average Bonchev–Trinajstić information content (AvgIpc) is 2.80. The quantitative estimate of drug-likeness (QED) is 0.837. The minimum absolute atomic E-state index is 0.303. The number of halogens is 1. The Morgan fingerprint density at radius 2 is 2.15 bits per heavy atom. The monoisotopic (exact) mass is 308 g/mol. The van der Waals surface area contributed by atoms with Crippen LogP contribution in [0.3, 0.4) is 0 Å². The third-order valence-electron chi connectivity index (χ3n) is 3.29. The highest BCUT2D eigenvalue weighted by atomic mass is 35.5. The van der Waals surface area contributed by atoms with Crippen molar-refractivity contribution >= 4 is 22.9 Å². The summed E-state index contributed by atoms with van der Waals surface area (Å²) >= 11 is 7.80. The van der Waals surface area contributed by atoms with Gasteiger partial charge in [-0.05, 0) is 50.1 Å². The molecule has 0 radical (unpaired) electrons. The first-order chi connectivity index (χ1) is 9.60. The smallest absolute Gasteiger partial charge is 0.0947 e. The van der Waals surface area contributed by atoms with Crippen LogP contribution in [-0.2, 0) is 6.42 Å². The van der Waals surface area contributed by atoms with Crippen LogP contribution in [-0.4, -0.2) is 11.5 Å². The van der Waals surface area contributed by atoms with E-state index in [0.717, 1.165) is 30.1 Å². The summed E-state index contributed by atoms with van der Waals surface area (Å²) in [6.07, 6.45) is 2.06. The lowest BCUT2D eigenvalue weighted by Gasteiger charge is -2.20. The molecule has 1 atom stereocenters. The molecule has 1 aromatic carbocycles. The van der Waals surface area contributed by atoms with Crippen LogP contribution in [0.5, 0.6) is 0 Å². The molecule has 0 amide bonds. The number of benzene rings is 1. The number of thiazole rings is 1. The van der Waals surface area contributed by atoms with Gasteiger partial charge in [0.05, 0.1) is 5.01 Å². The second-order valence-electron chi connectivity index (χ2n) is 5.09. The summed E-state index contributed by atoms with van der Waals surface area (Å²) < 4.78 is 0. The molecule has 0 spiro atoms. The van der Waals surface area contributed by atoms with Crippen molar-refractivity contribution in [3.8, 4) is 0 Å². The molecule has 0 fully saturated rings. The van der Waals surface area contributed by atoms with Crippen LogP contribution >= 0.6 is 22.9 Å². The van der Waals surface area contributed by atoms with Gasteiger partial charge in [-0.1, -0.05) is 24.6 Å². The molecule has 20 heavy (non-hydrogen) atoms. The zero-order valence-electron chi connectivity index (χ0n) is 12.2. The SMILES string of the molecule is CCCNC(Cc1nc(C)cs1)c1ccc(Cl)cc1C. The number of aryl methyl sites for hydroxylation is 2. The van der Waals surface area contributed by atoms with Crippen molar-refractivity contribution in [2.75, 3.05) is 6.54 Å². The van der Waals surface area contributed by atoms with Gasteiger partial charge in [0, 0.05) is 28.6 Å². The second kappa shape index (κ2) is 7.21. The number of aromatic nitrogens is 1. The molecular weight excluding hydrogens is 288 g/mol. The molecular formula is C16H21ClN2S. The standard InChI is InChI=1S/C16H21ClN2S/c1-4-7-18-15(9-16-19-12(3)10-20-16)14-6-5-13(17)8-11(14)2/h5-6,8,10,15,18H,4,7,9H2,1-3H3. The van der Waals surface area contributed by atoms with Crippen molar-refractivity contribution in [3.05, 3.63) is 50.4 Å². The van der Waals surface area contributed by atoms with Crippen LogP contribution in [0.15, 0.2) is 23.6 Å². The number of hydrogen-bond donors (Lipinski definition) is 1. The fourth-order valence-corrected chi connectivity index (χ4v) is 3.36. The fraction of sp³-hybridized carbons (Fsp3) is 0.438. The van der Waals surface area contributed by atoms with Crippen molar-refractivity contribution in [1.82, 2.24) is 10.3 Å². The Balaban J connectivity index is 2.22. The van der Waals surface area contributed by atoms with Crippen molar-refractivity contribution in [2.24, 2.45) is 0 Å². The van der Waals surface area contributed by atoms with Crippen LogP contribution in [0.25, 0.3) is 0 Å². The predicted octanol–water partition coefficient (Wildman–Crippen LogP) is 4.70. The molecule has 1 unspecified atom stereocenters. The molecule has 0 aliphatic rings. The first kappa shape index (κ1) is 15.5. The molecule has 1 aromatic heterocycles. The topological polar surface area (TPSA) is 24.9 Å². The normalized spacial score (nSPS) is 12.6. The summed E-state index contributed by atoms with van der Waals surface area (Å²) in [6.45, 7) is 7.36. The average molecular weight is 309 g/mol. The van der Waals surface area contributed by atoms with Gasteiger partial charge in [-0.3, -0.25) is 0 Å². The summed E-state index contributed by atoms with van der Waals surface area (Å²) in [5.74, 6) is 0. The van der Waals surface area contributed by atoms with E-state index in [2.05, 4.69) is 35.6 Å². The summed E-state index contributed by atoms with van der Waals surface area (Å²) in [5, 5.41) is 7.72. The Kier molecular flexibility index (Phi) is 5.58. The maximum Gasteiger partial charge on any atom is 0.0947 e. The van der Waals surface area contributed by atoms with Gasteiger partial charge in [0.15, 0.2) is 0 Å². The van der Waals surface area contributed by atoms with E-state index in [1.807, 2.05) is 19.1 Å². The number of nitrogens with zero attached hydrogens (tertiary/aromatic N) is 1. The summed E-state index contributed by atoms with van der Waals surface area (Å²) in [6, 6.07) is 6.44. The molecule has 0 saturated carbocycles. The van der Waals surface area contributed by atoms with Crippen molar-refractivity contribution in [3.63, 3.8) is 0 Å². The summed E-state index contributed by atoms with van der Waals surface area (Å²) in [5.41, 5.74) is 3.65. The zero-order valence-corrected chi connectivity index (χ0v) is 13.8. The largest absolute Gasteiger partial charge is 0.310 e. The van der Waals surface area contributed by atoms with Gasteiger partial charge in [0.2, 0.25) is 0 Å². The molecule has 2 aromatic rings. The van der Waals surface area contributed by atoms with Crippen LogP contribution in [0, 0.1) is 13.8 Å². The number of rotatable bonds is 6. The third-order valence-corrected chi connectivity index (χ3v) is 4.52. The zero-order chi connectivity index (χ0) is 14.5. The lowest BCUT2D eigenvalue weighted by molar-refractivity contribution is 0.526. The van der Waals surface area contributed by atoms with E-state index in [9.17, 15) is 0 Å². The first-order valence-electron chi connectivity index (χ1n) is 7.00. The van der Waals surface area contributed by atoms with E-state index in [-0.39, 0.29) is 0 Å². The third kappa shape index (κ3) is 4.05. The van der Waals surface area contributed by atoms with E-state index < -0.39 is 0 Å². The highest BCUT2D eigenvalue weighted by Crippen LogP contribution is 2.25. The Morgan fingerprint density at radius 1 is 1.35 bits per heavy atom. The Morgan fingerprint density at radius 3 is 2.75 bits per heavy atom. The number of nitrogens with one attached hydrogen (secondary N) is 1. The van der Waals surface area contributed by atoms with Gasteiger partial charge in [0.1, 0.15) is 0 Å². The molecule has 4 heteroatoms. The predicted molar refractivity (Wildman–Crippen MR) is 87.8 cm³/mol. The molecule has 1 N–H and O–H groups in total. The minimum atomic E-state index is 0.303. The number of hydrogen-bond acceptors (Lipinski definition) is 3. The van der Waals surface area contributed by atoms with Crippen LogP contribution in [0.4, 0.5) is 0 Å². The molecule has 108 valence electrons. The van der Waals surface area contributed by atoms with E-state index in [1.165, 1.54) is 16.1 Å². The van der Waals surface area contributed by atoms with Gasteiger partial charge in [-0.25, -0.2) is 4.98 Å². The Labute approximate surface area is 130 Å². The Hall–Kier alpha value is -0.900. The highest BCUT2D eigenvalue weighted by molar-refractivity contribution is 7.09. The highest BCUT2D eigenvalue weighted by Gasteiger charge is 2.15. The van der Waals surface area contributed by atoms with E-state index in [1.54, 1.807) is 11.3 Å². The van der Waals surface area contributed by atoms with Crippen molar-refractivity contribution in [2.45, 2.75) is 39.7 Å². The summed E-state index contributed by atoms with van der Waals surface area (Å²) in [7, 11) is 0. The van der Waals surface area contributed by atoms with E-state index >= 15 is 0 Å². The Bertz CT molecular complexity index is 565. The molecule has 0 saturated heterocycles. The first-order valence-corrected chi connectivity index (χ1v) is 8.26. The molecule has 2 nitrogen and oxygen atoms in total. The van der Waals surface area contributed by atoms with Crippen LogP contribution in [0.2, 0.25) is 5.02 Å². The van der Waals surface area contributed by atoms with Crippen LogP contribution in [0.1, 0.15) is 41.2 Å². The van der Waals surface area contributed by atoms with E-state index in [0.29, 0.717) is 6.04 Å². The maximum atomic E-state index is 6.06. The lowest BCUT2D eigenvalue weighted by Crippen LogP contribution is -2.24. The molecule has 0 bridgehead atoms. The fourth-order valence-electron chi connectivity index (χ4n) is 2.31. The molecule has 0 aliphatic heterocycles. The molecule has 1 heterocycles. The van der Waals surface area contributed by atoms with Gasteiger partial charge in [-0.2, -0.15) is 0 Å². The minimum Gasteiger partial charge on any atom is -0.310 e. The second-order valence-corrected chi connectivity index (χ2v) is 6.47. The van der Waals surface area contributed by atoms with Crippen LogP contribution < -0.4 is 5.32 Å². The maximum absolute atomic E-state index is 6.06.